The van der Waals surface area contributed by atoms with Crippen LogP contribution in [0.2, 0.25) is 0 Å². The third-order valence-electron chi connectivity index (χ3n) is 7.05. The van der Waals surface area contributed by atoms with E-state index in [1.165, 1.54) is 0 Å². The second-order valence-electron chi connectivity index (χ2n) is 9.57. The van der Waals surface area contributed by atoms with Crippen molar-refractivity contribution < 1.29 is 13.2 Å². The first-order chi connectivity index (χ1) is 17.3. The number of aromatic nitrogens is 2. The standard InChI is InChI=1S/C26H30F3N7/c1-3-4-5-6-19-14(2)21-17(7-10-32-24(21)34-19)23-35-20-8-9-31-13-18(26(27,28)29)22(20)25(36-23)33-16-11-15(30)12-16/h3,5-8,10,13-16,19,24,32,34H,1,4,9,11-12,30H2,2H3,(H,33,35,36)/b6-5-/t14?,15-,16+,19?,24?. The van der Waals surface area contributed by atoms with Crippen LogP contribution in [0.3, 0.4) is 0 Å². The number of aliphatic imine (C=N–C) groups is 1. The number of anilines is 1. The summed E-state index contributed by atoms with van der Waals surface area (Å²) in [6.45, 7) is 5.99. The summed E-state index contributed by atoms with van der Waals surface area (Å²) in [4.78, 5) is 13.3. The number of allylic oxidation sites excluding steroid dienone is 4. The molecule has 1 aromatic heterocycles. The quantitative estimate of drug-likeness (QED) is 0.448. The van der Waals surface area contributed by atoms with Crippen LogP contribution in [-0.2, 0) is 0 Å². The third-order valence-corrected chi connectivity index (χ3v) is 7.05. The molecule has 7 nitrogen and oxygen atoms in total. The number of hydrogen-bond donors (Lipinski definition) is 4. The molecule has 190 valence electrons. The van der Waals surface area contributed by atoms with E-state index in [4.69, 9.17) is 10.7 Å². The van der Waals surface area contributed by atoms with E-state index in [9.17, 15) is 13.2 Å². The Morgan fingerprint density at radius 2 is 2.08 bits per heavy atom. The number of nitrogens with one attached hydrogen (secondary N) is 3. The van der Waals surface area contributed by atoms with Gasteiger partial charge in [-0.15, -0.1) is 6.58 Å². The minimum absolute atomic E-state index is 0.0381. The summed E-state index contributed by atoms with van der Waals surface area (Å²) < 4.78 is 42.1. The van der Waals surface area contributed by atoms with Gasteiger partial charge in [0.1, 0.15) is 12.0 Å². The molecule has 4 aliphatic rings. The molecule has 0 radical (unpaired) electrons. The van der Waals surface area contributed by atoms with Crippen LogP contribution in [-0.4, -0.2) is 53.2 Å². The van der Waals surface area contributed by atoms with E-state index >= 15 is 0 Å². The minimum atomic E-state index is -4.59. The van der Waals surface area contributed by atoms with Crippen LogP contribution in [0.1, 0.15) is 32.0 Å². The number of fused-ring (bicyclic) bond motifs is 2. The van der Waals surface area contributed by atoms with E-state index in [0.29, 0.717) is 18.7 Å². The van der Waals surface area contributed by atoms with Gasteiger partial charge >= 0.3 is 6.18 Å². The maximum Gasteiger partial charge on any atom is 0.418 e. The van der Waals surface area contributed by atoms with Crippen LogP contribution < -0.4 is 32.3 Å². The molecule has 4 heterocycles. The molecule has 1 saturated carbocycles. The van der Waals surface area contributed by atoms with Gasteiger partial charge in [-0.1, -0.05) is 25.2 Å². The summed E-state index contributed by atoms with van der Waals surface area (Å²) in [5.74, 6) is 0.680. The van der Waals surface area contributed by atoms with Gasteiger partial charge in [-0.3, -0.25) is 10.3 Å². The number of alkyl halides is 3. The highest BCUT2D eigenvalue weighted by atomic mass is 19.4. The Morgan fingerprint density at radius 1 is 1.28 bits per heavy atom. The third kappa shape index (κ3) is 4.62. The molecule has 2 fully saturated rings. The molecule has 0 spiro atoms. The molecule has 1 aliphatic carbocycles. The highest BCUT2D eigenvalue weighted by molar-refractivity contribution is 6.05. The zero-order valence-electron chi connectivity index (χ0n) is 20.0. The molecular formula is C26H30F3N7. The first-order valence-corrected chi connectivity index (χ1v) is 12.2. The van der Waals surface area contributed by atoms with E-state index < -0.39 is 11.7 Å². The fourth-order valence-electron chi connectivity index (χ4n) is 5.14. The zero-order valence-corrected chi connectivity index (χ0v) is 20.0. The first kappa shape index (κ1) is 24.5. The zero-order chi connectivity index (χ0) is 25.4. The Hall–Kier alpha value is -3.24. The van der Waals surface area contributed by atoms with E-state index in [2.05, 4.69) is 51.6 Å². The summed E-state index contributed by atoms with van der Waals surface area (Å²) in [6.07, 6.45) is 9.67. The van der Waals surface area contributed by atoms with Crippen LogP contribution >= 0.6 is 0 Å². The maximum absolute atomic E-state index is 14.0. The van der Waals surface area contributed by atoms with E-state index in [1.54, 1.807) is 6.08 Å². The fourth-order valence-corrected chi connectivity index (χ4v) is 5.14. The first-order valence-electron chi connectivity index (χ1n) is 12.2. The van der Waals surface area contributed by atoms with Gasteiger partial charge in [0.05, 0.1) is 22.7 Å². The van der Waals surface area contributed by atoms with Crippen molar-refractivity contribution in [3.8, 4) is 0 Å². The van der Waals surface area contributed by atoms with Gasteiger partial charge < -0.3 is 16.4 Å². The van der Waals surface area contributed by atoms with Crippen molar-refractivity contribution in [3.05, 3.63) is 59.0 Å². The molecule has 3 aliphatic heterocycles. The Morgan fingerprint density at radius 3 is 2.81 bits per heavy atom. The van der Waals surface area contributed by atoms with Gasteiger partial charge in [-0.05, 0) is 43.2 Å². The lowest BCUT2D eigenvalue weighted by atomic mass is 9.87. The smallest absolute Gasteiger partial charge is 0.372 e. The van der Waals surface area contributed by atoms with Crippen LogP contribution in [0.15, 0.2) is 47.6 Å². The molecule has 3 atom stereocenters. The Labute approximate surface area is 207 Å². The molecule has 1 aromatic rings. The predicted molar refractivity (Wildman–Crippen MR) is 136 cm³/mol. The summed E-state index contributed by atoms with van der Waals surface area (Å²) >= 11 is 0. The molecule has 36 heavy (non-hydrogen) atoms. The van der Waals surface area contributed by atoms with Gasteiger partial charge in [-0.2, -0.15) is 13.2 Å². The lowest BCUT2D eigenvalue weighted by Crippen LogP contribution is -2.47. The Balaban J connectivity index is 1.66. The highest BCUT2D eigenvalue weighted by Crippen LogP contribution is 2.35. The largest absolute Gasteiger partial charge is 0.418 e. The molecular weight excluding hydrogens is 467 g/mol. The number of dihydropyridines is 1. The van der Waals surface area contributed by atoms with Gasteiger partial charge in [-0.25, -0.2) is 9.97 Å². The number of hydrogen-bond acceptors (Lipinski definition) is 7. The normalized spacial score (nSPS) is 29.2. The summed E-state index contributed by atoms with van der Waals surface area (Å²) in [5, 5.41) is 10.3. The van der Waals surface area contributed by atoms with Gasteiger partial charge in [0.25, 0.3) is 0 Å². The van der Waals surface area contributed by atoms with E-state index in [0.717, 1.165) is 23.8 Å². The van der Waals surface area contributed by atoms with Crippen LogP contribution in [0.25, 0.3) is 17.2 Å². The second-order valence-corrected chi connectivity index (χ2v) is 9.57. The van der Waals surface area contributed by atoms with Crippen molar-refractivity contribution in [3.63, 3.8) is 0 Å². The van der Waals surface area contributed by atoms with Crippen molar-refractivity contribution in [2.75, 3.05) is 11.9 Å². The van der Waals surface area contributed by atoms with Crippen molar-refractivity contribution in [2.24, 2.45) is 16.6 Å². The predicted octanol–water partition coefficient (Wildman–Crippen LogP) is 1.89. The second kappa shape index (κ2) is 9.67. The number of halogens is 3. The average Bonchev–Trinajstić information content (AvgIpc) is 2.99. The highest BCUT2D eigenvalue weighted by Gasteiger charge is 2.39. The molecule has 0 amide bonds. The lowest BCUT2D eigenvalue weighted by Gasteiger charge is -2.33. The molecule has 1 saturated heterocycles. The minimum Gasteiger partial charge on any atom is -0.372 e. The molecule has 0 aromatic carbocycles. The van der Waals surface area contributed by atoms with Crippen LogP contribution in [0.5, 0.6) is 0 Å². The van der Waals surface area contributed by atoms with Crippen LogP contribution in [0, 0.1) is 5.92 Å². The lowest BCUT2D eigenvalue weighted by molar-refractivity contribution is -0.0673. The van der Waals surface area contributed by atoms with Gasteiger partial charge in [0.2, 0.25) is 0 Å². The topological polar surface area (TPSA) is 100 Å². The summed E-state index contributed by atoms with van der Waals surface area (Å²) in [6, 6.07) is 0.0884. The van der Waals surface area contributed by atoms with Crippen molar-refractivity contribution in [2.45, 2.75) is 56.7 Å². The summed E-state index contributed by atoms with van der Waals surface area (Å²) in [5.41, 5.74) is 6.97. The number of nitrogens with two attached hydrogens (primary N) is 1. The molecule has 5 rings (SSSR count). The van der Waals surface area contributed by atoms with Gasteiger partial charge in [0.15, 0.2) is 5.82 Å². The van der Waals surface area contributed by atoms with Crippen molar-refractivity contribution >= 4 is 29.3 Å². The summed E-state index contributed by atoms with van der Waals surface area (Å²) in [7, 11) is 0. The van der Waals surface area contributed by atoms with Gasteiger partial charge in [0, 0.05) is 35.8 Å². The van der Waals surface area contributed by atoms with Crippen LogP contribution in [0.4, 0.5) is 19.0 Å². The molecule has 5 N–H and O–H groups in total. The SMILES string of the molecule is C=CC/C=C\C1NC2NC=CC(c3nc(N[C@H]4C[C@@H](N)C4)c4c(n3)=CCN=CC=4C(F)(F)F)=C2C1C. The Bertz CT molecular complexity index is 1290. The number of rotatable bonds is 6. The molecule has 0 bridgehead atoms. The molecule has 3 unspecified atom stereocenters. The fraction of sp³-hybridized carbons (Fsp3) is 0.423. The monoisotopic (exact) mass is 497 g/mol. The van der Waals surface area contributed by atoms with Crippen molar-refractivity contribution in [1.82, 2.24) is 20.6 Å². The van der Waals surface area contributed by atoms with E-state index in [1.807, 2.05) is 18.4 Å². The molecule has 10 heteroatoms. The number of nitrogens with zero attached hydrogens (tertiary/aromatic N) is 3. The Kier molecular flexibility index (Phi) is 6.57. The maximum atomic E-state index is 14.0. The van der Waals surface area contributed by atoms with E-state index in [-0.39, 0.29) is 53.1 Å². The average molecular weight is 498 g/mol. The van der Waals surface area contributed by atoms with Crippen molar-refractivity contribution in [1.29, 1.82) is 0 Å².